The summed E-state index contributed by atoms with van der Waals surface area (Å²) in [5.41, 5.74) is 8.61. The normalized spacial score (nSPS) is 12.3. The molecule has 0 spiro atoms. The van der Waals surface area contributed by atoms with Crippen molar-refractivity contribution < 1.29 is 10.2 Å². The Morgan fingerprint density at radius 1 is 0.846 bits per heavy atom. The summed E-state index contributed by atoms with van der Waals surface area (Å²) in [4.78, 5) is 0. The number of phenols is 2. The minimum Gasteiger partial charge on any atom is -0.504 e. The van der Waals surface area contributed by atoms with Crippen molar-refractivity contribution in [2.45, 2.75) is 19.9 Å². The van der Waals surface area contributed by atoms with Crippen molar-refractivity contribution in [3.05, 3.63) is 71.8 Å². The predicted octanol–water partition coefficient (Wildman–Crippen LogP) is 5.31. The number of hydrogen-bond donors (Lipinski definition) is 2. The molecule has 2 N–H and O–H groups in total. The standard InChI is InChI=1S/C23H19NO2/c1-2-24-20-13-23(26)22(25)12-15(20)11-21(24)18-9-5-8-17-16-7-4-3-6-14(16)10-19(17)18/h3-9,11-13,25-26H,2,10H2,1H3. The molecule has 0 amide bonds. The summed E-state index contributed by atoms with van der Waals surface area (Å²) in [5.74, 6) is -0.162. The maximum absolute atomic E-state index is 9.93. The monoisotopic (exact) mass is 341 g/mol. The Bertz CT molecular complexity index is 1170. The molecule has 0 saturated carbocycles. The Morgan fingerprint density at radius 2 is 1.58 bits per heavy atom. The van der Waals surface area contributed by atoms with Crippen LogP contribution < -0.4 is 0 Å². The molecule has 0 saturated heterocycles. The number of phenolic OH excluding ortho intramolecular Hbond substituents is 2. The second kappa shape index (κ2) is 5.40. The topological polar surface area (TPSA) is 45.4 Å². The van der Waals surface area contributed by atoms with Gasteiger partial charge >= 0.3 is 0 Å². The molecule has 0 bridgehead atoms. The fraction of sp³-hybridized carbons (Fsp3) is 0.130. The molecule has 1 aromatic heterocycles. The minimum atomic E-state index is -0.0810. The van der Waals surface area contributed by atoms with E-state index in [2.05, 4.69) is 60.0 Å². The third-order valence-electron chi connectivity index (χ3n) is 5.44. The lowest BCUT2D eigenvalue weighted by Crippen LogP contribution is -1.98. The fourth-order valence-electron chi connectivity index (χ4n) is 4.25. The van der Waals surface area contributed by atoms with Crippen LogP contribution in [0.25, 0.3) is 33.3 Å². The van der Waals surface area contributed by atoms with Gasteiger partial charge in [-0.05, 0) is 47.7 Å². The maximum atomic E-state index is 9.93. The second-order valence-corrected chi connectivity index (χ2v) is 6.84. The molecule has 128 valence electrons. The largest absolute Gasteiger partial charge is 0.504 e. The fourth-order valence-corrected chi connectivity index (χ4v) is 4.25. The molecular weight excluding hydrogens is 322 g/mol. The van der Waals surface area contributed by atoms with Gasteiger partial charge < -0.3 is 14.8 Å². The molecule has 1 aliphatic rings. The molecule has 0 atom stereocenters. The van der Waals surface area contributed by atoms with Crippen molar-refractivity contribution in [3.63, 3.8) is 0 Å². The van der Waals surface area contributed by atoms with Crippen LogP contribution in [-0.2, 0) is 13.0 Å². The molecule has 0 radical (unpaired) electrons. The van der Waals surface area contributed by atoms with Crippen LogP contribution in [0.1, 0.15) is 18.1 Å². The predicted molar refractivity (Wildman–Crippen MR) is 105 cm³/mol. The van der Waals surface area contributed by atoms with Gasteiger partial charge in [0.25, 0.3) is 0 Å². The van der Waals surface area contributed by atoms with E-state index in [0.29, 0.717) is 0 Å². The first-order chi connectivity index (χ1) is 12.7. The minimum absolute atomic E-state index is 0.0806. The highest BCUT2D eigenvalue weighted by Crippen LogP contribution is 2.43. The number of aromatic hydroxyl groups is 2. The Morgan fingerprint density at radius 3 is 2.42 bits per heavy atom. The van der Waals surface area contributed by atoms with Gasteiger partial charge in [0.2, 0.25) is 0 Å². The molecule has 3 nitrogen and oxygen atoms in total. The van der Waals surface area contributed by atoms with Gasteiger partial charge in [-0.15, -0.1) is 0 Å². The molecule has 0 unspecified atom stereocenters. The van der Waals surface area contributed by atoms with Crippen molar-refractivity contribution in [3.8, 4) is 33.9 Å². The Balaban J connectivity index is 1.78. The zero-order chi connectivity index (χ0) is 17.8. The summed E-state index contributed by atoms with van der Waals surface area (Å²) in [6, 6.07) is 20.5. The van der Waals surface area contributed by atoms with Crippen molar-refractivity contribution in [2.75, 3.05) is 0 Å². The molecule has 1 heterocycles. The van der Waals surface area contributed by atoms with Crippen molar-refractivity contribution in [1.29, 1.82) is 0 Å². The van der Waals surface area contributed by atoms with Crippen LogP contribution in [0.3, 0.4) is 0 Å². The van der Waals surface area contributed by atoms with Crippen molar-refractivity contribution >= 4 is 10.9 Å². The molecule has 5 rings (SSSR count). The van der Waals surface area contributed by atoms with E-state index in [0.717, 1.165) is 29.6 Å². The molecule has 26 heavy (non-hydrogen) atoms. The third kappa shape index (κ3) is 2.00. The van der Waals surface area contributed by atoms with Gasteiger partial charge in [-0.3, -0.25) is 0 Å². The van der Waals surface area contributed by atoms with Gasteiger partial charge in [0.05, 0.1) is 5.52 Å². The quantitative estimate of drug-likeness (QED) is 0.427. The molecule has 3 heteroatoms. The summed E-state index contributed by atoms with van der Waals surface area (Å²) in [7, 11) is 0. The van der Waals surface area contributed by atoms with Crippen LogP contribution in [0, 0.1) is 0 Å². The maximum Gasteiger partial charge on any atom is 0.159 e. The summed E-state index contributed by atoms with van der Waals surface area (Å²) in [6.45, 7) is 2.89. The van der Waals surface area contributed by atoms with Gasteiger partial charge in [-0.1, -0.05) is 42.5 Å². The van der Waals surface area contributed by atoms with E-state index in [1.807, 2.05) is 0 Å². The molecule has 4 aromatic rings. The lowest BCUT2D eigenvalue weighted by Gasteiger charge is -2.12. The highest BCUT2D eigenvalue weighted by Gasteiger charge is 2.23. The SMILES string of the molecule is CCn1c(-c2cccc3c2Cc2ccccc2-3)cc2cc(O)c(O)cc21. The number of rotatable bonds is 2. The Labute approximate surface area is 151 Å². The van der Waals surface area contributed by atoms with E-state index in [1.165, 1.54) is 27.8 Å². The number of aromatic nitrogens is 1. The van der Waals surface area contributed by atoms with Gasteiger partial charge in [-0.2, -0.15) is 0 Å². The Kier molecular flexibility index (Phi) is 3.13. The number of nitrogens with zero attached hydrogens (tertiary/aromatic N) is 1. The van der Waals surface area contributed by atoms with Crippen LogP contribution >= 0.6 is 0 Å². The van der Waals surface area contributed by atoms with E-state index in [9.17, 15) is 10.2 Å². The van der Waals surface area contributed by atoms with Crippen LogP contribution in [-0.4, -0.2) is 14.8 Å². The zero-order valence-electron chi connectivity index (χ0n) is 14.5. The molecule has 0 aliphatic heterocycles. The molecular formula is C23H19NO2. The van der Waals surface area contributed by atoms with Crippen molar-refractivity contribution in [2.24, 2.45) is 0 Å². The number of fused-ring (bicyclic) bond motifs is 4. The highest BCUT2D eigenvalue weighted by molar-refractivity contribution is 5.92. The first-order valence-corrected chi connectivity index (χ1v) is 8.93. The number of hydrogen-bond acceptors (Lipinski definition) is 2. The summed E-state index contributed by atoms with van der Waals surface area (Å²) < 4.78 is 2.20. The third-order valence-corrected chi connectivity index (χ3v) is 5.44. The summed E-state index contributed by atoms with van der Waals surface area (Å²) >= 11 is 0. The summed E-state index contributed by atoms with van der Waals surface area (Å²) in [6.07, 6.45) is 0.934. The first kappa shape index (κ1) is 15.1. The van der Waals surface area contributed by atoms with Gasteiger partial charge in [0.15, 0.2) is 11.5 Å². The van der Waals surface area contributed by atoms with E-state index in [1.54, 1.807) is 12.1 Å². The van der Waals surface area contributed by atoms with E-state index in [4.69, 9.17) is 0 Å². The van der Waals surface area contributed by atoms with Crippen molar-refractivity contribution in [1.82, 2.24) is 4.57 Å². The van der Waals surface area contributed by atoms with E-state index < -0.39 is 0 Å². The van der Waals surface area contributed by atoms with Gasteiger partial charge in [0, 0.05) is 29.3 Å². The lowest BCUT2D eigenvalue weighted by molar-refractivity contribution is 0.404. The van der Waals surface area contributed by atoms with E-state index >= 15 is 0 Å². The number of benzene rings is 3. The zero-order valence-corrected chi connectivity index (χ0v) is 14.5. The average Bonchev–Trinajstić information content (AvgIpc) is 3.20. The number of aryl methyl sites for hydroxylation is 1. The van der Waals surface area contributed by atoms with Crippen LogP contribution in [0.5, 0.6) is 11.5 Å². The molecule has 0 fully saturated rings. The lowest BCUT2D eigenvalue weighted by atomic mass is 9.99. The second-order valence-electron chi connectivity index (χ2n) is 6.84. The van der Waals surface area contributed by atoms with E-state index in [-0.39, 0.29) is 11.5 Å². The van der Waals surface area contributed by atoms with Crippen LogP contribution in [0.2, 0.25) is 0 Å². The first-order valence-electron chi connectivity index (χ1n) is 8.93. The van der Waals surface area contributed by atoms with Crippen LogP contribution in [0.4, 0.5) is 0 Å². The van der Waals surface area contributed by atoms with Gasteiger partial charge in [-0.25, -0.2) is 0 Å². The average molecular weight is 341 g/mol. The summed E-state index contributed by atoms with van der Waals surface area (Å²) in [5, 5.41) is 20.7. The molecule has 1 aliphatic carbocycles. The smallest absolute Gasteiger partial charge is 0.159 e. The molecule has 3 aromatic carbocycles. The van der Waals surface area contributed by atoms with Gasteiger partial charge in [0.1, 0.15) is 0 Å². The Hall–Kier alpha value is -3.20. The highest BCUT2D eigenvalue weighted by atomic mass is 16.3. The van der Waals surface area contributed by atoms with Crippen LogP contribution in [0.15, 0.2) is 60.7 Å².